The van der Waals surface area contributed by atoms with E-state index in [1.165, 1.54) is 6.07 Å². The minimum atomic E-state index is -0.905. The Kier molecular flexibility index (Phi) is 5.08. The lowest BCUT2D eigenvalue weighted by Crippen LogP contribution is -2.08. The predicted molar refractivity (Wildman–Crippen MR) is 65.1 cm³/mol. The largest absolute Gasteiger partial charge is 0.493 e. The lowest BCUT2D eigenvalue weighted by molar-refractivity contribution is 0.293. The van der Waals surface area contributed by atoms with Crippen molar-refractivity contribution >= 4 is 0 Å². The summed E-state index contributed by atoms with van der Waals surface area (Å²) in [7, 11) is 0. The maximum Gasteiger partial charge on any atom is 0.162 e. The molecule has 0 unspecified atom stereocenters. The van der Waals surface area contributed by atoms with Gasteiger partial charge in [-0.2, -0.15) is 5.26 Å². The standard InChI is InChI=1S/C14H17F2NO/c1-14(2,10-17)7-3-4-8-18-11-5-6-12(15)13(16)9-11/h5-6,9H,3-4,7-8H2,1-2H3. The molecule has 4 heteroatoms. The first-order valence-electron chi connectivity index (χ1n) is 5.94. The van der Waals surface area contributed by atoms with Gasteiger partial charge in [0.1, 0.15) is 5.75 Å². The van der Waals surface area contributed by atoms with Crippen molar-refractivity contribution < 1.29 is 13.5 Å². The van der Waals surface area contributed by atoms with Crippen LogP contribution >= 0.6 is 0 Å². The third-order valence-corrected chi connectivity index (χ3v) is 2.66. The Morgan fingerprint density at radius 1 is 1.22 bits per heavy atom. The van der Waals surface area contributed by atoms with E-state index in [9.17, 15) is 8.78 Å². The van der Waals surface area contributed by atoms with Crippen molar-refractivity contribution in [2.45, 2.75) is 33.1 Å². The molecule has 2 nitrogen and oxygen atoms in total. The van der Waals surface area contributed by atoms with Crippen LogP contribution in [0.3, 0.4) is 0 Å². The van der Waals surface area contributed by atoms with E-state index in [4.69, 9.17) is 10.00 Å². The van der Waals surface area contributed by atoms with Crippen LogP contribution in [0, 0.1) is 28.4 Å². The van der Waals surface area contributed by atoms with Crippen LogP contribution in [0.5, 0.6) is 5.75 Å². The molecule has 18 heavy (non-hydrogen) atoms. The summed E-state index contributed by atoms with van der Waals surface area (Å²) in [6.45, 7) is 4.22. The number of halogens is 2. The summed E-state index contributed by atoms with van der Waals surface area (Å²) >= 11 is 0. The van der Waals surface area contributed by atoms with Crippen LogP contribution in [0.15, 0.2) is 18.2 Å². The summed E-state index contributed by atoms with van der Waals surface area (Å²) in [4.78, 5) is 0. The normalized spacial score (nSPS) is 11.1. The highest BCUT2D eigenvalue weighted by atomic mass is 19.2. The minimum Gasteiger partial charge on any atom is -0.493 e. The van der Waals surface area contributed by atoms with Gasteiger partial charge in [-0.3, -0.25) is 0 Å². The highest BCUT2D eigenvalue weighted by Crippen LogP contribution is 2.22. The SMILES string of the molecule is CC(C)(C#N)CCCCOc1ccc(F)c(F)c1. The fourth-order valence-electron chi connectivity index (χ4n) is 1.48. The Morgan fingerprint density at radius 3 is 2.56 bits per heavy atom. The van der Waals surface area contributed by atoms with Gasteiger partial charge in [0.25, 0.3) is 0 Å². The van der Waals surface area contributed by atoms with Gasteiger partial charge in [0.05, 0.1) is 18.1 Å². The van der Waals surface area contributed by atoms with Crippen LogP contribution in [-0.4, -0.2) is 6.61 Å². The van der Waals surface area contributed by atoms with Gasteiger partial charge < -0.3 is 4.74 Å². The second kappa shape index (κ2) is 6.34. The molecular formula is C14H17F2NO. The molecule has 0 N–H and O–H groups in total. The van der Waals surface area contributed by atoms with Gasteiger partial charge in [0, 0.05) is 6.07 Å². The van der Waals surface area contributed by atoms with E-state index < -0.39 is 11.6 Å². The number of hydrogen-bond donors (Lipinski definition) is 0. The number of rotatable bonds is 6. The van der Waals surface area contributed by atoms with Gasteiger partial charge in [-0.15, -0.1) is 0 Å². The van der Waals surface area contributed by atoms with Gasteiger partial charge in [-0.1, -0.05) is 0 Å². The highest BCUT2D eigenvalue weighted by molar-refractivity contribution is 5.23. The molecule has 0 aromatic heterocycles. The molecule has 1 aromatic rings. The summed E-state index contributed by atoms with van der Waals surface area (Å²) in [6.07, 6.45) is 2.44. The van der Waals surface area contributed by atoms with E-state index in [0.29, 0.717) is 12.4 Å². The van der Waals surface area contributed by atoms with Crippen molar-refractivity contribution in [2.24, 2.45) is 5.41 Å². The summed E-state index contributed by atoms with van der Waals surface area (Å²) in [6, 6.07) is 5.71. The number of nitriles is 1. The third-order valence-electron chi connectivity index (χ3n) is 2.66. The molecular weight excluding hydrogens is 236 g/mol. The predicted octanol–water partition coefficient (Wildman–Crippen LogP) is 4.06. The minimum absolute atomic E-state index is 0.317. The van der Waals surface area contributed by atoms with Gasteiger partial charge >= 0.3 is 0 Å². The van der Waals surface area contributed by atoms with E-state index in [-0.39, 0.29) is 5.41 Å². The Balaban J connectivity index is 2.26. The molecule has 1 rings (SSSR count). The van der Waals surface area contributed by atoms with Crippen molar-refractivity contribution in [3.8, 4) is 11.8 Å². The molecule has 0 aliphatic heterocycles. The van der Waals surface area contributed by atoms with Crippen LogP contribution in [0.1, 0.15) is 33.1 Å². The zero-order chi connectivity index (χ0) is 13.6. The average Bonchev–Trinajstić information content (AvgIpc) is 2.33. The molecule has 0 aliphatic rings. The second-order valence-electron chi connectivity index (χ2n) is 4.88. The first-order chi connectivity index (χ1) is 8.44. The fourth-order valence-corrected chi connectivity index (χ4v) is 1.48. The molecule has 0 saturated carbocycles. The molecule has 1 aromatic carbocycles. The van der Waals surface area contributed by atoms with Crippen LogP contribution in [-0.2, 0) is 0 Å². The third kappa shape index (κ3) is 4.70. The Bertz CT molecular complexity index is 438. The van der Waals surface area contributed by atoms with Crippen molar-refractivity contribution in [1.82, 2.24) is 0 Å². The van der Waals surface area contributed by atoms with Crippen LogP contribution < -0.4 is 4.74 Å². The second-order valence-corrected chi connectivity index (χ2v) is 4.88. The molecule has 0 spiro atoms. The molecule has 0 heterocycles. The Morgan fingerprint density at radius 2 is 1.94 bits per heavy atom. The van der Waals surface area contributed by atoms with Gasteiger partial charge in [0.2, 0.25) is 0 Å². The summed E-state index contributed by atoms with van der Waals surface area (Å²) in [5, 5.41) is 8.83. The summed E-state index contributed by atoms with van der Waals surface area (Å²) in [5.41, 5.74) is -0.317. The van der Waals surface area contributed by atoms with Crippen LogP contribution in [0.25, 0.3) is 0 Å². The summed E-state index contributed by atoms with van der Waals surface area (Å²) < 4.78 is 30.8. The fraction of sp³-hybridized carbons (Fsp3) is 0.500. The first kappa shape index (κ1) is 14.4. The maximum absolute atomic E-state index is 12.9. The van der Waals surface area contributed by atoms with Crippen LogP contribution in [0.4, 0.5) is 8.78 Å². The molecule has 98 valence electrons. The maximum atomic E-state index is 12.9. The molecule has 0 radical (unpaired) electrons. The molecule has 0 aliphatic carbocycles. The lowest BCUT2D eigenvalue weighted by atomic mass is 9.89. The molecule has 0 amide bonds. The number of unbranched alkanes of at least 4 members (excludes halogenated alkanes) is 1. The van der Waals surface area contributed by atoms with E-state index in [0.717, 1.165) is 31.4 Å². The number of ether oxygens (including phenoxy) is 1. The number of hydrogen-bond acceptors (Lipinski definition) is 2. The van der Waals surface area contributed by atoms with Crippen LogP contribution in [0.2, 0.25) is 0 Å². The van der Waals surface area contributed by atoms with Crippen molar-refractivity contribution in [2.75, 3.05) is 6.61 Å². The number of nitrogens with zero attached hydrogens (tertiary/aromatic N) is 1. The number of benzene rings is 1. The molecule has 0 atom stereocenters. The smallest absolute Gasteiger partial charge is 0.162 e. The van der Waals surface area contributed by atoms with E-state index >= 15 is 0 Å². The van der Waals surface area contributed by atoms with E-state index in [2.05, 4.69) is 6.07 Å². The average molecular weight is 253 g/mol. The Labute approximate surface area is 106 Å². The monoisotopic (exact) mass is 253 g/mol. The topological polar surface area (TPSA) is 33.0 Å². The molecule has 0 saturated heterocycles. The summed E-state index contributed by atoms with van der Waals surface area (Å²) in [5.74, 6) is -1.45. The van der Waals surface area contributed by atoms with E-state index in [1.807, 2.05) is 13.8 Å². The first-order valence-corrected chi connectivity index (χ1v) is 5.94. The van der Waals surface area contributed by atoms with E-state index in [1.54, 1.807) is 0 Å². The van der Waals surface area contributed by atoms with Crippen molar-refractivity contribution in [1.29, 1.82) is 5.26 Å². The van der Waals surface area contributed by atoms with Crippen molar-refractivity contribution in [3.05, 3.63) is 29.8 Å². The Hall–Kier alpha value is -1.63. The molecule has 0 bridgehead atoms. The molecule has 0 fully saturated rings. The highest BCUT2D eigenvalue weighted by Gasteiger charge is 2.15. The van der Waals surface area contributed by atoms with Gasteiger partial charge in [-0.05, 0) is 45.2 Å². The van der Waals surface area contributed by atoms with Gasteiger partial charge in [0.15, 0.2) is 11.6 Å². The quantitative estimate of drug-likeness (QED) is 0.716. The zero-order valence-electron chi connectivity index (χ0n) is 10.7. The van der Waals surface area contributed by atoms with Crippen molar-refractivity contribution in [3.63, 3.8) is 0 Å². The lowest BCUT2D eigenvalue weighted by Gasteiger charge is -2.14. The zero-order valence-corrected chi connectivity index (χ0v) is 10.7. The van der Waals surface area contributed by atoms with Gasteiger partial charge in [-0.25, -0.2) is 8.78 Å².